The van der Waals surface area contributed by atoms with Gasteiger partial charge in [-0.1, -0.05) is 40.9 Å². The summed E-state index contributed by atoms with van der Waals surface area (Å²) in [6.07, 6.45) is 0. The zero-order valence-electron chi connectivity index (χ0n) is 12.1. The maximum absolute atomic E-state index is 11.1. The van der Waals surface area contributed by atoms with Gasteiger partial charge in [-0.2, -0.15) is 0 Å². The van der Waals surface area contributed by atoms with Gasteiger partial charge in [-0.05, 0) is 36.8 Å². The van der Waals surface area contributed by atoms with Crippen molar-refractivity contribution in [1.82, 2.24) is 0 Å². The summed E-state index contributed by atoms with van der Waals surface area (Å²) in [7, 11) is 0. The molecule has 2 aromatic carbocycles. The average Bonchev–Trinajstić information content (AvgIpc) is 2.49. The lowest BCUT2D eigenvalue weighted by Crippen LogP contribution is -2.03. The second-order valence-electron chi connectivity index (χ2n) is 4.56. The van der Waals surface area contributed by atoms with E-state index in [0.29, 0.717) is 16.7 Å². The van der Waals surface area contributed by atoms with E-state index < -0.39 is 5.97 Å². The number of carboxylic acids is 1. The van der Waals surface area contributed by atoms with Crippen molar-refractivity contribution in [2.24, 2.45) is 0 Å². The van der Waals surface area contributed by atoms with E-state index in [9.17, 15) is 4.79 Å². The molecule has 0 atom stereocenters. The molecule has 0 amide bonds. The minimum absolute atomic E-state index is 0.0281. The first kappa shape index (κ1) is 17.7. The van der Waals surface area contributed by atoms with Crippen molar-refractivity contribution < 1.29 is 19.4 Å². The van der Waals surface area contributed by atoms with Crippen LogP contribution in [-0.4, -0.2) is 17.7 Å². The third-order valence-corrected chi connectivity index (χ3v) is 3.94. The predicted molar refractivity (Wildman–Crippen MR) is 90.4 cm³/mol. The van der Waals surface area contributed by atoms with Crippen molar-refractivity contribution in [3.05, 3.63) is 56.5 Å². The van der Waals surface area contributed by atoms with Crippen LogP contribution in [0.5, 0.6) is 11.5 Å². The standard InChI is InChI=1S/C16H13Cl3O4/c1-2-22-14-7-10(16(20)21)6-13(19)15(14)23-8-9-3-4-11(17)12(18)5-9/h3-7H,2,8H2,1H3,(H,20,21). The van der Waals surface area contributed by atoms with Crippen LogP contribution in [0.1, 0.15) is 22.8 Å². The molecule has 0 radical (unpaired) electrons. The first-order valence-corrected chi connectivity index (χ1v) is 7.82. The summed E-state index contributed by atoms with van der Waals surface area (Å²) < 4.78 is 11.1. The Hall–Kier alpha value is -1.62. The summed E-state index contributed by atoms with van der Waals surface area (Å²) in [6, 6.07) is 7.82. The topological polar surface area (TPSA) is 55.8 Å². The average molecular weight is 376 g/mol. The molecule has 0 aliphatic carbocycles. The third kappa shape index (κ3) is 4.44. The van der Waals surface area contributed by atoms with Gasteiger partial charge in [-0.15, -0.1) is 0 Å². The molecule has 1 N–H and O–H groups in total. The summed E-state index contributed by atoms with van der Waals surface area (Å²) in [5, 5.41) is 10.1. The van der Waals surface area contributed by atoms with Crippen LogP contribution in [0.4, 0.5) is 0 Å². The highest BCUT2D eigenvalue weighted by atomic mass is 35.5. The fourth-order valence-corrected chi connectivity index (χ4v) is 2.47. The smallest absolute Gasteiger partial charge is 0.335 e. The summed E-state index contributed by atoms with van der Waals surface area (Å²) in [4.78, 5) is 11.1. The van der Waals surface area contributed by atoms with E-state index in [0.717, 1.165) is 5.56 Å². The normalized spacial score (nSPS) is 10.4. The Morgan fingerprint density at radius 1 is 1.04 bits per heavy atom. The van der Waals surface area contributed by atoms with Gasteiger partial charge in [0.1, 0.15) is 6.61 Å². The Balaban J connectivity index is 2.27. The molecule has 0 aliphatic rings. The number of hydrogen-bond donors (Lipinski definition) is 1. The van der Waals surface area contributed by atoms with Crippen LogP contribution >= 0.6 is 34.8 Å². The van der Waals surface area contributed by atoms with E-state index in [1.54, 1.807) is 25.1 Å². The number of halogens is 3. The Morgan fingerprint density at radius 3 is 2.39 bits per heavy atom. The van der Waals surface area contributed by atoms with E-state index in [1.807, 2.05) is 0 Å². The fourth-order valence-electron chi connectivity index (χ4n) is 1.88. The lowest BCUT2D eigenvalue weighted by atomic mass is 10.2. The van der Waals surface area contributed by atoms with Crippen molar-refractivity contribution in [3.63, 3.8) is 0 Å². The van der Waals surface area contributed by atoms with Gasteiger partial charge < -0.3 is 14.6 Å². The highest BCUT2D eigenvalue weighted by Gasteiger charge is 2.16. The van der Waals surface area contributed by atoms with Gasteiger partial charge in [0.25, 0.3) is 0 Å². The maximum Gasteiger partial charge on any atom is 0.335 e. The van der Waals surface area contributed by atoms with Crippen molar-refractivity contribution in [2.75, 3.05) is 6.61 Å². The van der Waals surface area contributed by atoms with E-state index in [4.69, 9.17) is 49.4 Å². The van der Waals surface area contributed by atoms with Crippen LogP contribution in [0.15, 0.2) is 30.3 Å². The van der Waals surface area contributed by atoms with Gasteiger partial charge in [-0.3, -0.25) is 0 Å². The Labute approximate surface area is 148 Å². The van der Waals surface area contributed by atoms with Gasteiger partial charge in [-0.25, -0.2) is 4.79 Å². The Kier molecular flexibility index (Phi) is 5.99. The van der Waals surface area contributed by atoms with Crippen LogP contribution in [0, 0.1) is 0 Å². The van der Waals surface area contributed by atoms with Crippen LogP contribution in [0.3, 0.4) is 0 Å². The summed E-state index contributed by atoms with van der Waals surface area (Å²) >= 11 is 17.9. The van der Waals surface area contributed by atoms with E-state index >= 15 is 0 Å². The SMILES string of the molecule is CCOc1cc(C(=O)O)cc(Cl)c1OCc1ccc(Cl)c(Cl)c1. The van der Waals surface area contributed by atoms with E-state index in [2.05, 4.69) is 0 Å². The molecule has 0 fully saturated rings. The molecule has 0 aromatic heterocycles. The first-order chi connectivity index (χ1) is 10.9. The van der Waals surface area contributed by atoms with Crippen molar-refractivity contribution in [1.29, 1.82) is 0 Å². The number of carbonyl (C=O) groups is 1. The number of ether oxygens (including phenoxy) is 2. The maximum atomic E-state index is 11.1. The number of aromatic carboxylic acids is 1. The molecule has 2 rings (SSSR count). The fraction of sp³-hybridized carbons (Fsp3) is 0.188. The molecule has 0 saturated heterocycles. The summed E-state index contributed by atoms with van der Waals surface area (Å²) in [5.41, 5.74) is 0.820. The van der Waals surface area contributed by atoms with Gasteiger partial charge in [0.15, 0.2) is 11.5 Å². The zero-order valence-corrected chi connectivity index (χ0v) is 14.4. The molecule has 7 heteroatoms. The van der Waals surface area contributed by atoms with E-state index in [1.165, 1.54) is 12.1 Å². The van der Waals surface area contributed by atoms with Crippen LogP contribution in [-0.2, 0) is 6.61 Å². The van der Waals surface area contributed by atoms with Crippen LogP contribution in [0.25, 0.3) is 0 Å². The third-order valence-electron chi connectivity index (χ3n) is 2.92. The van der Waals surface area contributed by atoms with Crippen molar-refractivity contribution in [3.8, 4) is 11.5 Å². The Morgan fingerprint density at radius 2 is 1.78 bits per heavy atom. The molecule has 2 aromatic rings. The van der Waals surface area contributed by atoms with Gasteiger partial charge >= 0.3 is 5.97 Å². The van der Waals surface area contributed by atoms with Crippen LogP contribution in [0.2, 0.25) is 15.1 Å². The summed E-state index contributed by atoms with van der Waals surface area (Å²) in [5.74, 6) is -0.536. The molecule has 23 heavy (non-hydrogen) atoms. The molecule has 0 bridgehead atoms. The highest BCUT2D eigenvalue weighted by Crippen LogP contribution is 2.37. The van der Waals surface area contributed by atoms with Gasteiger partial charge in [0.05, 0.1) is 27.2 Å². The molecule has 4 nitrogen and oxygen atoms in total. The molecule has 0 unspecified atom stereocenters. The highest BCUT2D eigenvalue weighted by molar-refractivity contribution is 6.42. The number of hydrogen-bond acceptors (Lipinski definition) is 3. The van der Waals surface area contributed by atoms with Gasteiger partial charge in [0, 0.05) is 0 Å². The molecule has 0 heterocycles. The van der Waals surface area contributed by atoms with Crippen molar-refractivity contribution in [2.45, 2.75) is 13.5 Å². The quantitative estimate of drug-likeness (QED) is 0.742. The second kappa shape index (κ2) is 7.77. The molecular weight excluding hydrogens is 363 g/mol. The van der Waals surface area contributed by atoms with Crippen molar-refractivity contribution >= 4 is 40.8 Å². The molecular formula is C16H13Cl3O4. The molecule has 0 spiro atoms. The van der Waals surface area contributed by atoms with Gasteiger partial charge in [0.2, 0.25) is 0 Å². The zero-order chi connectivity index (χ0) is 17.0. The van der Waals surface area contributed by atoms with E-state index in [-0.39, 0.29) is 28.7 Å². The largest absolute Gasteiger partial charge is 0.490 e. The lowest BCUT2D eigenvalue weighted by molar-refractivity contribution is 0.0696. The summed E-state index contributed by atoms with van der Waals surface area (Å²) in [6.45, 7) is 2.32. The monoisotopic (exact) mass is 374 g/mol. The number of rotatable bonds is 6. The minimum Gasteiger partial charge on any atom is -0.490 e. The molecule has 0 aliphatic heterocycles. The second-order valence-corrected chi connectivity index (χ2v) is 5.78. The Bertz CT molecular complexity index is 732. The minimum atomic E-state index is -1.09. The van der Waals surface area contributed by atoms with Crippen LogP contribution < -0.4 is 9.47 Å². The first-order valence-electron chi connectivity index (χ1n) is 6.68. The number of benzene rings is 2. The molecule has 122 valence electrons. The predicted octanol–water partition coefficient (Wildman–Crippen LogP) is 5.32. The number of carboxylic acid groups (broad SMARTS) is 1. The molecule has 0 saturated carbocycles. The lowest BCUT2D eigenvalue weighted by Gasteiger charge is -2.14.